The molecule has 0 unspecified atom stereocenters. The van der Waals surface area contributed by atoms with Gasteiger partial charge in [0.2, 0.25) is 0 Å². The number of nitrogens with zero attached hydrogens (tertiary/aromatic N) is 3. The maximum Gasteiger partial charge on any atom is 0.157 e. The van der Waals surface area contributed by atoms with Gasteiger partial charge in [-0.25, -0.2) is 4.98 Å². The third-order valence-corrected chi connectivity index (χ3v) is 4.19. The normalized spacial score (nSPS) is 11.1. The number of nitrogens with one attached hydrogen (secondary N) is 1. The van der Waals surface area contributed by atoms with Crippen LogP contribution in [0.4, 0.5) is 5.69 Å². The molecule has 3 heterocycles. The largest absolute Gasteiger partial charge is 0.379 e. The SMILES string of the molecule is Cc1nn(C)c2ncc(NCc3ccc(Cl)s3)cc12. The maximum atomic E-state index is 5.91. The Morgan fingerprint density at radius 1 is 1.42 bits per heavy atom. The summed E-state index contributed by atoms with van der Waals surface area (Å²) in [6.07, 6.45) is 1.83. The summed E-state index contributed by atoms with van der Waals surface area (Å²) in [4.78, 5) is 5.64. The predicted molar refractivity (Wildman–Crippen MR) is 79.9 cm³/mol. The van der Waals surface area contributed by atoms with Gasteiger partial charge in [-0.1, -0.05) is 11.6 Å². The number of rotatable bonds is 3. The average Bonchev–Trinajstić information content (AvgIpc) is 2.92. The van der Waals surface area contributed by atoms with Crippen LogP contribution in [0.25, 0.3) is 11.0 Å². The molecule has 0 radical (unpaired) electrons. The average molecular weight is 293 g/mol. The van der Waals surface area contributed by atoms with Crippen LogP contribution in [0.15, 0.2) is 24.4 Å². The number of fused-ring (bicyclic) bond motifs is 1. The van der Waals surface area contributed by atoms with E-state index in [2.05, 4.69) is 21.5 Å². The van der Waals surface area contributed by atoms with E-state index in [-0.39, 0.29) is 0 Å². The van der Waals surface area contributed by atoms with Gasteiger partial charge in [0, 0.05) is 23.9 Å². The summed E-state index contributed by atoms with van der Waals surface area (Å²) in [5.74, 6) is 0. The molecule has 0 fully saturated rings. The Morgan fingerprint density at radius 3 is 3.00 bits per heavy atom. The summed E-state index contributed by atoms with van der Waals surface area (Å²) < 4.78 is 2.61. The Hall–Kier alpha value is -1.59. The molecule has 4 nitrogen and oxygen atoms in total. The minimum absolute atomic E-state index is 0.754. The third kappa shape index (κ3) is 2.43. The van der Waals surface area contributed by atoms with Gasteiger partial charge >= 0.3 is 0 Å². The van der Waals surface area contributed by atoms with Gasteiger partial charge in [0.25, 0.3) is 0 Å². The van der Waals surface area contributed by atoms with E-state index in [1.165, 1.54) is 4.88 Å². The van der Waals surface area contributed by atoms with Crippen LogP contribution in [0.3, 0.4) is 0 Å². The number of hydrogen-bond donors (Lipinski definition) is 1. The van der Waals surface area contributed by atoms with Gasteiger partial charge in [0.1, 0.15) is 0 Å². The second-order valence-corrected chi connectivity index (χ2v) is 6.16. The molecule has 0 saturated heterocycles. The lowest BCUT2D eigenvalue weighted by molar-refractivity contribution is 0.774. The quantitative estimate of drug-likeness (QED) is 0.802. The fourth-order valence-electron chi connectivity index (χ4n) is 2.04. The first-order valence-electron chi connectivity index (χ1n) is 5.91. The molecule has 0 aromatic carbocycles. The van der Waals surface area contributed by atoms with Crippen molar-refractivity contribution in [3.8, 4) is 0 Å². The molecule has 0 aliphatic heterocycles. The van der Waals surface area contributed by atoms with Crippen molar-refractivity contribution in [2.24, 2.45) is 7.05 Å². The lowest BCUT2D eigenvalue weighted by Crippen LogP contribution is -1.98. The van der Waals surface area contributed by atoms with Crippen molar-refractivity contribution in [2.75, 3.05) is 5.32 Å². The number of thiophene rings is 1. The number of aryl methyl sites for hydroxylation is 2. The van der Waals surface area contributed by atoms with E-state index in [0.717, 1.165) is 33.3 Å². The molecule has 6 heteroatoms. The smallest absolute Gasteiger partial charge is 0.157 e. The first-order valence-corrected chi connectivity index (χ1v) is 7.10. The third-order valence-electron chi connectivity index (χ3n) is 2.96. The van der Waals surface area contributed by atoms with Crippen LogP contribution in [0.1, 0.15) is 10.6 Å². The second kappa shape index (κ2) is 4.83. The molecule has 0 atom stereocenters. The van der Waals surface area contributed by atoms with Crippen LogP contribution >= 0.6 is 22.9 Å². The summed E-state index contributed by atoms with van der Waals surface area (Å²) in [5, 5.41) is 8.80. The standard InChI is InChI=1S/C13H13ClN4S/c1-8-11-5-9(6-16-13(11)18(2)17-8)15-7-10-3-4-12(14)19-10/h3-6,15H,7H2,1-2H3. The van der Waals surface area contributed by atoms with E-state index >= 15 is 0 Å². The van der Waals surface area contributed by atoms with Crippen LogP contribution in [-0.2, 0) is 13.6 Å². The summed E-state index contributed by atoms with van der Waals surface area (Å²) >= 11 is 7.50. The van der Waals surface area contributed by atoms with Crippen molar-refractivity contribution >= 4 is 39.7 Å². The lowest BCUT2D eigenvalue weighted by atomic mass is 10.2. The molecular weight excluding hydrogens is 280 g/mol. The summed E-state index contributed by atoms with van der Waals surface area (Å²) in [6.45, 7) is 2.75. The van der Waals surface area contributed by atoms with E-state index in [1.807, 2.05) is 32.3 Å². The maximum absolute atomic E-state index is 5.91. The lowest BCUT2D eigenvalue weighted by Gasteiger charge is -2.04. The molecule has 19 heavy (non-hydrogen) atoms. The van der Waals surface area contributed by atoms with Crippen molar-refractivity contribution < 1.29 is 0 Å². The predicted octanol–water partition coefficient (Wildman–Crippen LogP) is 3.60. The zero-order chi connectivity index (χ0) is 13.4. The highest BCUT2D eigenvalue weighted by Crippen LogP contribution is 2.23. The van der Waals surface area contributed by atoms with Crippen molar-refractivity contribution in [3.05, 3.63) is 39.3 Å². The first kappa shape index (κ1) is 12.4. The molecule has 3 rings (SSSR count). The molecule has 0 bridgehead atoms. The zero-order valence-corrected chi connectivity index (χ0v) is 12.2. The minimum atomic E-state index is 0.754. The van der Waals surface area contributed by atoms with Gasteiger partial charge in [-0.15, -0.1) is 11.3 Å². The molecule has 98 valence electrons. The Labute approximate surface area is 120 Å². The molecule has 3 aromatic rings. The molecule has 0 spiro atoms. The zero-order valence-electron chi connectivity index (χ0n) is 10.6. The molecule has 0 aliphatic rings. The number of aromatic nitrogens is 3. The van der Waals surface area contributed by atoms with E-state index in [0.29, 0.717) is 0 Å². The van der Waals surface area contributed by atoms with E-state index in [1.54, 1.807) is 16.0 Å². The van der Waals surface area contributed by atoms with Crippen molar-refractivity contribution in [1.29, 1.82) is 0 Å². The number of hydrogen-bond acceptors (Lipinski definition) is 4. The highest BCUT2D eigenvalue weighted by molar-refractivity contribution is 7.16. The molecule has 0 amide bonds. The van der Waals surface area contributed by atoms with E-state index in [9.17, 15) is 0 Å². The van der Waals surface area contributed by atoms with Crippen LogP contribution < -0.4 is 5.32 Å². The van der Waals surface area contributed by atoms with Crippen LogP contribution in [0.5, 0.6) is 0 Å². The van der Waals surface area contributed by atoms with Gasteiger partial charge in [0.15, 0.2) is 5.65 Å². The highest BCUT2D eigenvalue weighted by Gasteiger charge is 2.07. The Kier molecular flexibility index (Phi) is 3.16. The molecular formula is C13H13ClN4S. The van der Waals surface area contributed by atoms with E-state index in [4.69, 9.17) is 11.6 Å². The van der Waals surface area contributed by atoms with Gasteiger partial charge < -0.3 is 5.32 Å². The molecule has 0 aliphatic carbocycles. The second-order valence-electron chi connectivity index (χ2n) is 4.36. The van der Waals surface area contributed by atoms with Gasteiger partial charge in [-0.2, -0.15) is 5.10 Å². The topological polar surface area (TPSA) is 42.7 Å². The summed E-state index contributed by atoms with van der Waals surface area (Å²) in [7, 11) is 1.91. The number of halogens is 1. The monoisotopic (exact) mass is 292 g/mol. The van der Waals surface area contributed by atoms with E-state index < -0.39 is 0 Å². The van der Waals surface area contributed by atoms with Crippen molar-refractivity contribution in [3.63, 3.8) is 0 Å². The van der Waals surface area contributed by atoms with Gasteiger partial charge in [0.05, 0.1) is 21.9 Å². The van der Waals surface area contributed by atoms with Crippen molar-refractivity contribution in [2.45, 2.75) is 13.5 Å². The van der Waals surface area contributed by atoms with Crippen molar-refractivity contribution in [1.82, 2.24) is 14.8 Å². The van der Waals surface area contributed by atoms with Crippen LogP contribution in [0.2, 0.25) is 4.34 Å². The Bertz CT molecular complexity index is 731. The molecule has 1 N–H and O–H groups in total. The fraction of sp³-hybridized carbons (Fsp3) is 0.231. The highest BCUT2D eigenvalue weighted by atomic mass is 35.5. The van der Waals surface area contributed by atoms with Gasteiger partial charge in [-0.05, 0) is 25.1 Å². The molecule has 3 aromatic heterocycles. The van der Waals surface area contributed by atoms with Crippen LogP contribution in [-0.4, -0.2) is 14.8 Å². The summed E-state index contributed by atoms with van der Waals surface area (Å²) in [5.41, 5.74) is 2.89. The summed E-state index contributed by atoms with van der Waals surface area (Å²) in [6, 6.07) is 6.02. The molecule has 0 saturated carbocycles. The Morgan fingerprint density at radius 2 is 2.26 bits per heavy atom. The van der Waals surface area contributed by atoms with Crippen LogP contribution in [0, 0.1) is 6.92 Å². The Balaban J connectivity index is 1.83. The first-order chi connectivity index (χ1) is 9.13. The van der Waals surface area contributed by atoms with Gasteiger partial charge in [-0.3, -0.25) is 4.68 Å². The number of pyridine rings is 1. The minimum Gasteiger partial charge on any atom is -0.379 e. The fourth-order valence-corrected chi connectivity index (χ4v) is 3.07. The number of anilines is 1.